The van der Waals surface area contributed by atoms with Gasteiger partial charge in [-0.2, -0.15) is 0 Å². The van der Waals surface area contributed by atoms with Gasteiger partial charge < -0.3 is 16.2 Å². The molecule has 19 heavy (non-hydrogen) atoms. The maximum atomic E-state index is 8.77. The first-order chi connectivity index (χ1) is 9.35. The van der Waals surface area contributed by atoms with E-state index in [-0.39, 0.29) is 12.6 Å². The number of rotatable bonds is 7. The van der Waals surface area contributed by atoms with Crippen LogP contribution < -0.4 is 11.1 Å². The molecule has 0 saturated heterocycles. The summed E-state index contributed by atoms with van der Waals surface area (Å²) < 4.78 is 0. The summed E-state index contributed by atoms with van der Waals surface area (Å²) in [5.41, 5.74) is 7.08. The lowest BCUT2D eigenvalue weighted by Crippen LogP contribution is -2.29. The molecular weight excluding hydrogens is 236 g/mol. The van der Waals surface area contributed by atoms with Crippen molar-refractivity contribution in [2.45, 2.75) is 18.9 Å². The highest BCUT2D eigenvalue weighted by Gasteiger charge is 2.08. The summed E-state index contributed by atoms with van der Waals surface area (Å²) >= 11 is 0. The number of nitrogens with two attached hydrogens (primary N) is 1. The normalized spacial score (nSPS) is 12.7. The molecule has 0 aliphatic heterocycles. The summed E-state index contributed by atoms with van der Waals surface area (Å²) in [5.74, 6) is 0. The summed E-state index contributed by atoms with van der Waals surface area (Å²) in [6.45, 7) is 1.72. The lowest BCUT2D eigenvalue weighted by molar-refractivity contribution is 0.282. The molecule has 0 aliphatic carbocycles. The number of nitrogens with one attached hydrogen (secondary N) is 1. The van der Waals surface area contributed by atoms with Crippen molar-refractivity contribution in [1.29, 1.82) is 0 Å². The highest BCUT2D eigenvalue weighted by Crippen LogP contribution is 2.20. The molecule has 102 valence electrons. The first-order valence-corrected chi connectivity index (χ1v) is 6.88. The summed E-state index contributed by atoms with van der Waals surface area (Å²) in [6.07, 6.45) is 1.81. The first kappa shape index (κ1) is 14.0. The van der Waals surface area contributed by atoms with Crippen molar-refractivity contribution in [3.8, 4) is 0 Å². The number of unbranched alkanes of at least 4 members (excludes halogenated alkanes) is 1. The number of hydrogen-bond donors (Lipinski definition) is 3. The van der Waals surface area contributed by atoms with Crippen molar-refractivity contribution in [2.24, 2.45) is 5.73 Å². The molecule has 0 spiro atoms. The van der Waals surface area contributed by atoms with Gasteiger partial charge in [0.1, 0.15) is 0 Å². The smallest absolute Gasteiger partial charge is 0.0444 e. The molecule has 2 rings (SSSR count). The second-order valence-electron chi connectivity index (χ2n) is 4.78. The Balaban J connectivity index is 2.07. The van der Waals surface area contributed by atoms with E-state index < -0.39 is 0 Å². The first-order valence-electron chi connectivity index (χ1n) is 6.88. The van der Waals surface area contributed by atoms with E-state index in [9.17, 15) is 0 Å². The Morgan fingerprint density at radius 1 is 1.05 bits per heavy atom. The van der Waals surface area contributed by atoms with E-state index >= 15 is 0 Å². The van der Waals surface area contributed by atoms with Crippen LogP contribution in [0, 0.1) is 0 Å². The zero-order chi connectivity index (χ0) is 13.5. The van der Waals surface area contributed by atoms with Crippen LogP contribution in [0.5, 0.6) is 0 Å². The molecule has 1 atom stereocenters. The molecule has 0 radical (unpaired) electrons. The minimum absolute atomic E-state index is 0.184. The standard InChI is InChI=1S/C16H22N2O/c17-12-16(18-9-3-4-10-19)15-8-7-13-5-1-2-6-14(13)11-15/h1-2,5-8,11,16,18-19H,3-4,9-10,12,17H2. The summed E-state index contributed by atoms with van der Waals surface area (Å²) in [7, 11) is 0. The van der Waals surface area contributed by atoms with Crippen molar-refractivity contribution >= 4 is 10.8 Å². The van der Waals surface area contributed by atoms with Gasteiger partial charge in [0.05, 0.1) is 0 Å². The molecule has 0 heterocycles. The monoisotopic (exact) mass is 258 g/mol. The van der Waals surface area contributed by atoms with Crippen LogP contribution in [0.1, 0.15) is 24.4 Å². The maximum absolute atomic E-state index is 8.77. The van der Waals surface area contributed by atoms with Gasteiger partial charge in [-0.05, 0) is 41.8 Å². The van der Waals surface area contributed by atoms with Gasteiger partial charge in [-0.25, -0.2) is 0 Å². The number of aliphatic hydroxyl groups is 1. The molecule has 2 aromatic rings. The summed E-state index contributed by atoms with van der Waals surface area (Å²) in [4.78, 5) is 0. The molecule has 0 fully saturated rings. The van der Waals surface area contributed by atoms with Gasteiger partial charge in [-0.3, -0.25) is 0 Å². The second-order valence-corrected chi connectivity index (χ2v) is 4.78. The molecule has 0 aromatic heterocycles. The molecule has 3 heteroatoms. The molecule has 1 unspecified atom stereocenters. The van der Waals surface area contributed by atoms with Gasteiger partial charge in [0.25, 0.3) is 0 Å². The molecule has 0 bridgehead atoms. The van der Waals surface area contributed by atoms with Gasteiger partial charge in [-0.15, -0.1) is 0 Å². The zero-order valence-electron chi connectivity index (χ0n) is 11.2. The number of fused-ring (bicyclic) bond motifs is 1. The highest BCUT2D eigenvalue weighted by atomic mass is 16.2. The lowest BCUT2D eigenvalue weighted by atomic mass is 10.0. The van der Waals surface area contributed by atoms with Gasteiger partial charge in [0.2, 0.25) is 0 Å². The van der Waals surface area contributed by atoms with Crippen LogP contribution in [0.25, 0.3) is 10.8 Å². The van der Waals surface area contributed by atoms with Gasteiger partial charge in [0, 0.05) is 19.2 Å². The van der Waals surface area contributed by atoms with Gasteiger partial charge >= 0.3 is 0 Å². The van der Waals surface area contributed by atoms with E-state index in [1.807, 2.05) is 0 Å². The molecule has 4 N–H and O–H groups in total. The molecule has 3 nitrogen and oxygen atoms in total. The molecular formula is C16H22N2O. The van der Waals surface area contributed by atoms with Crippen LogP contribution in [0.2, 0.25) is 0 Å². The van der Waals surface area contributed by atoms with E-state index in [1.165, 1.54) is 16.3 Å². The van der Waals surface area contributed by atoms with Crippen molar-refractivity contribution in [3.63, 3.8) is 0 Å². The zero-order valence-corrected chi connectivity index (χ0v) is 11.2. The van der Waals surface area contributed by atoms with E-state index in [4.69, 9.17) is 10.8 Å². The van der Waals surface area contributed by atoms with Crippen LogP contribution in [0.4, 0.5) is 0 Å². The fraction of sp³-hybridized carbons (Fsp3) is 0.375. The number of aliphatic hydroxyl groups excluding tert-OH is 1. The van der Waals surface area contributed by atoms with Crippen molar-refractivity contribution < 1.29 is 5.11 Å². The van der Waals surface area contributed by atoms with Crippen molar-refractivity contribution in [3.05, 3.63) is 48.0 Å². The topological polar surface area (TPSA) is 58.3 Å². The van der Waals surface area contributed by atoms with Crippen LogP contribution in [-0.4, -0.2) is 24.8 Å². The van der Waals surface area contributed by atoms with Crippen molar-refractivity contribution in [1.82, 2.24) is 5.32 Å². The summed E-state index contributed by atoms with van der Waals surface area (Å²) in [6, 6.07) is 15.0. The maximum Gasteiger partial charge on any atom is 0.0444 e. The highest BCUT2D eigenvalue weighted by molar-refractivity contribution is 5.83. The van der Waals surface area contributed by atoms with Crippen LogP contribution >= 0.6 is 0 Å². The predicted molar refractivity (Wildman–Crippen MR) is 80.1 cm³/mol. The van der Waals surface area contributed by atoms with E-state index in [0.717, 1.165) is 19.4 Å². The quantitative estimate of drug-likeness (QED) is 0.667. The summed E-state index contributed by atoms with van der Waals surface area (Å²) in [5, 5.41) is 14.7. The van der Waals surface area contributed by atoms with Gasteiger partial charge in [-0.1, -0.05) is 36.4 Å². The van der Waals surface area contributed by atoms with Crippen LogP contribution in [0.15, 0.2) is 42.5 Å². The SMILES string of the molecule is NCC(NCCCCO)c1ccc2ccccc2c1. The minimum Gasteiger partial charge on any atom is -0.396 e. The third-order valence-corrected chi connectivity index (χ3v) is 3.39. The third kappa shape index (κ3) is 3.77. The molecule has 0 amide bonds. The average molecular weight is 258 g/mol. The minimum atomic E-state index is 0.184. The Bertz CT molecular complexity index is 513. The van der Waals surface area contributed by atoms with E-state index in [1.54, 1.807) is 0 Å². The second kappa shape index (κ2) is 7.24. The fourth-order valence-corrected chi connectivity index (χ4v) is 2.27. The average Bonchev–Trinajstić information content (AvgIpc) is 2.47. The van der Waals surface area contributed by atoms with Gasteiger partial charge in [0.15, 0.2) is 0 Å². The predicted octanol–water partition coefficient (Wildman–Crippen LogP) is 2.20. The Labute approximate surface area is 114 Å². The lowest BCUT2D eigenvalue weighted by Gasteiger charge is -2.17. The number of hydrogen-bond acceptors (Lipinski definition) is 3. The van der Waals surface area contributed by atoms with Crippen LogP contribution in [-0.2, 0) is 0 Å². The number of benzene rings is 2. The Morgan fingerprint density at radius 3 is 2.58 bits per heavy atom. The molecule has 0 aliphatic rings. The van der Waals surface area contributed by atoms with Crippen LogP contribution in [0.3, 0.4) is 0 Å². The fourth-order valence-electron chi connectivity index (χ4n) is 2.27. The third-order valence-electron chi connectivity index (χ3n) is 3.39. The van der Waals surface area contributed by atoms with Crippen molar-refractivity contribution in [2.75, 3.05) is 19.7 Å². The Hall–Kier alpha value is -1.42. The largest absolute Gasteiger partial charge is 0.396 e. The van der Waals surface area contributed by atoms with E-state index in [0.29, 0.717) is 6.54 Å². The molecule has 2 aromatic carbocycles. The van der Waals surface area contributed by atoms with E-state index in [2.05, 4.69) is 47.8 Å². The Kier molecular flexibility index (Phi) is 5.33. The Morgan fingerprint density at radius 2 is 1.84 bits per heavy atom. The molecule has 0 saturated carbocycles.